The molecule has 0 bridgehead atoms. The zero-order valence-corrected chi connectivity index (χ0v) is 12.4. The van der Waals surface area contributed by atoms with Crippen molar-refractivity contribution in [2.75, 3.05) is 0 Å². The van der Waals surface area contributed by atoms with Crippen LogP contribution >= 0.6 is 0 Å². The number of aromatic nitrogens is 2. The minimum Gasteiger partial charge on any atom is -0.240 e. The number of rotatable bonds is 3. The van der Waals surface area contributed by atoms with Crippen LogP contribution in [0.25, 0.3) is 0 Å². The van der Waals surface area contributed by atoms with Gasteiger partial charge in [0.15, 0.2) is 0 Å². The van der Waals surface area contributed by atoms with Crippen LogP contribution in [0.3, 0.4) is 0 Å². The van der Waals surface area contributed by atoms with E-state index in [9.17, 15) is 8.42 Å². The van der Waals surface area contributed by atoms with E-state index >= 15 is 0 Å². The molecule has 0 aliphatic rings. The van der Waals surface area contributed by atoms with E-state index in [0.29, 0.717) is 10.7 Å². The van der Waals surface area contributed by atoms with Crippen molar-refractivity contribution in [1.82, 2.24) is 8.96 Å². The van der Waals surface area contributed by atoms with Gasteiger partial charge in [0.25, 0.3) is 10.0 Å². The van der Waals surface area contributed by atoms with Crippen molar-refractivity contribution >= 4 is 10.0 Å². The Morgan fingerprint density at radius 1 is 1.21 bits per heavy atom. The van der Waals surface area contributed by atoms with Gasteiger partial charge in [-0.1, -0.05) is 26.0 Å². The normalized spacial score (nSPS) is 12.1. The van der Waals surface area contributed by atoms with E-state index < -0.39 is 10.0 Å². The topological polar surface area (TPSA) is 52.0 Å². The molecule has 0 atom stereocenters. The van der Waals surface area contributed by atoms with Crippen molar-refractivity contribution in [2.45, 2.75) is 38.5 Å². The van der Waals surface area contributed by atoms with Gasteiger partial charge in [-0.25, -0.2) is 17.4 Å². The van der Waals surface area contributed by atoms with Gasteiger partial charge in [0, 0.05) is 18.3 Å². The Kier molecular flexibility index (Phi) is 3.49. The molecule has 2 rings (SSSR count). The Morgan fingerprint density at radius 2 is 1.89 bits per heavy atom. The number of aryl methyl sites for hydroxylation is 2. The number of imidazole rings is 1. The third kappa shape index (κ3) is 2.42. The second-order valence-electron chi connectivity index (χ2n) is 5.01. The minimum atomic E-state index is -3.57. The summed E-state index contributed by atoms with van der Waals surface area (Å²) in [5.41, 5.74) is 1.67. The van der Waals surface area contributed by atoms with Crippen molar-refractivity contribution in [3.05, 3.63) is 47.5 Å². The van der Waals surface area contributed by atoms with Crippen molar-refractivity contribution in [2.24, 2.45) is 0 Å². The molecule has 0 fully saturated rings. The van der Waals surface area contributed by atoms with Crippen LogP contribution in [0, 0.1) is 13.8 Å². The summed E-state index contributed by atoms with van der Waals surface area (Å²) in [5.74, 6) is 0.607. The van der Waals surface area contributed by atoms with Crippen LogP contribution in [0.1, 0.15) is 36.7 Å². The Hall–Kier alpha value is -1.62. The maximum Gasteiger partial charge on any atom is 0.269 e. The molecule has 2 aromatic rings. The van der Waals surface area contributed by atoms with Gasteiger partial charge in [-0.05, 0) is 31.0 Å². The standard InChI is InChI=1S/C14H18N2O2S/c1-10(2)14-15-7-8-16(14)19(17,18)13-9-11(3)5-6-12(13)4/h5-10H,1-4H3. The summed E-state index contributed by atoms with van der Waals surface area (Å²) in [6.45, 7) is 7.54. The molecule has 0 unspecified atom stereocenters. The summed E-state index contributed by atoms with van der Waals surface area (Å²) < 4.78 is 26.7. The van der Waals surface area contributed by atoms with Crippen LogP contribution in [0.2, 0.25) is 0 Å². The van der Waals surface area contributed by atoms with E-state index in [4.69, 9.17) is 0 Å². The summed E-state index contributed by atoms with van der Waals surface area (Å²) in [5, 5.41) is 0. The largest absolute Gasteiger partial charge is 0.269 e. The lowest BCUT2D eigenvalue weighted by atomic mass is 10.2. The molecule has 19 heavy (non-hydrogen) atoms. The molecule has 0 aliphatic heterocycles. The van der Waals surface area contributed by atoms with Gasteiger partial charge in [-0.2, -0.15) is 0 Å². The number of hydrogen-bond acceptors (Lipinski definition) is 3. The van der Waals surface area contributed by atoms with Gasteiger partial charge in [0.2, 0.25) is 0 Å². The van der Waals surface area contributed by atoms with Crippen LogP contribution < -0.4 is 0 Å². The fourth-order valence-electron chi connectivity index (χ4n) is 2.00. The van der Waals surface area contributed by atoms with Crippen LogP contribution in [-0.2, 0) is 10.0 Å². The number of hydrogen-bond donors (Lipinski definition) is 0. The summed E-state index contributed by atoms with van der Waals surface area (Å²) in [7, 11) is -3.57. The Morgan fingerprint density at radius 3 is 2.53 bits per heavy atom. The molecule has 0 N–H and O–H groups in total. The zero-order chi connectivity index (χ0) is 14.2. The predicted octanol–water partition coefficient (Wildman–Crippen LogP) is 2.86. The lowest BCUT2D eigenvalue weighted by Crippen LogP contribution is -2.17. The molecule has 5 heteroatoms. The maximum absolute atomic E-state index is 12.7. The first-order valence-electron chi connectivity index (χ1n) is 6.20. The molecule has 102 valence electrons. The molecule has 1 aromatic carbocycles. The first-order valence-corrected chi connectivity index (χ1v) is 7.64. The quantitative estimate of drug-likeness (QED) is 0.867. The number of benzene rings is 1. The minimum absolute atomic E-state index is 0.0508. The highest BCUT2D eigenvalue weighted by molar-refractivity contribution is 7.90. The first kappa shape index (κ1) is 13.8. The Balaban J connectivity index is 2.66. The lowest BCUT2D eigenvalue weighted by Gasteiger charge is -2.13. The first-order chi connectivity index (χ1) is 8.84. The molecule has 0 saturated heterocycles. The second kappa shape index (κ2) is 4.81. The summed E-state index contributed by atoms with van der Waals surface area (Å²) in [4.78, 5) is 4.48. The molecule has 1 heterocycles. The monoisotopic (exact) mass is 278 g/mol. The van der Waals surface area contributed by atoms with Crippen molar-refractivity contribution in [3.63, 3.8) is 0 Å². The fourth-order valence-corrected chi connectivity index (χ4v) is 3.74. The lowest BCUT2D eigenvalue weighted by molar-refractivity contribution is 0.581. The van der Waals surface area contributed by atoms with Gasteiger partial charge in [0.05, 0.1) is 4.90 Å². The van der Waals surface area contributed by atoms with E-state index in [1.165, 1.54) is 16.4 Å². The van der Waals surface area contributed by atoms with Crippen LogP contribution in [0.5, 0.6) is 0 Å². The van der Waals surface area contributed by atoms with Crippen molar-refractivity contribution in [3.8, 4) is 0 Å². The number of nitrogens with zero attached hydrogens (tertiary/aromatic N) is 2. The van der Waals surface area contributed by atoms with E-state index in [-0.39, 0.29) is 5.92 Å². The van der Waals surface area contributed by atoms with Crippen molar-refractivity contribution < 1.29 is 8.42 Å². The summed E-state index contributed by atoms with van der Waals surface area (Å²) in [6.07, 6.45) is 3.03. The maximum atomic E-state index is 12.7. The molecular weight excluding hydrogens is 260 g/mol. The van der Waals surface area contributed by atoms with Crippen LogP contribution in [0.15, 0.2) is 35.5 Å². The Labute approximate surface area is 114 Å². The fraction of sp³-hybridized carbons (Fsp3) is 0.357. The van der Waals surface area contributed by atoms with Gasteiger partial charge in [-0.15, -0.1) is 0 Å². The average molecular weight is 278 g/mol. The van der Waals surface area contributed by atoms with Gasteiger partial charge < -0.3 is 0 Å². The molecule has 0 aliphatic carbocycles. The highest BCUT2D eigenvalue weighted by Crippen LogP contribution is 2.23. The smallest absolute Gasteiger partial charge is 0.240 e. The molecule has 1 aromatic heterocycles. The average Bonchev–Trinajstić information content (AvgIpc) is 2.82. The Bertz CT molecular complexity index is 700. The molecule has 0 spiro atoms. The summed E-state index contributed by atoms with van der Waals surface area (Å²) in [6, 6.07) is 5.44. The summed E-state index contributed by atoms with van der Waals surface area (Å²) >= 11 is 0. The van der Waals surface area contributed by atoms with E-state index in [1.54, 1.807) is 13.0 Å². The van der Waals surface area contributed by atoms with Crippen molar-refractivity contribution in [1.29, 1.82) is 0 Å². The van der Waals surface area contributed by atoms with Gasteiger partial charge in [0.1, 0.15) is 5.82 Å². The van der Waals surface area contributed by atoms with E-state index in [2.05, 4.69) is 4.98 Å². The SMILES string of the molecule is Cc1ccc(C)c(S(=O)(=O)n2ccnc2C(C)C)c1. The van der Waals surface area contributed by atoms with E-state index in [1.807, 2.05) is 32.9 Å². The van der Waals surface area contributed by atoms with Gasteiger partial charge >= 0.3 is 0 Å². The molecule has 0 saturated carbocycles. The van der Waals surface area contributed by atoms with Crippen LogP contribution in [0.4, 0.5) is 0 Å². The second-order valence-corrected chi connectivity index (χ2v) is 6.79. The van der Waals surface area contributed by atoms with Gasteiger partial charge in [-0.3, -0.25) is 0 Å². The van der Waals surface area contributed by atoms with E-state index in [0.717, 1.165) is 11.1 Å². The third-order valence-electron chi connectivity index (χ3n) is 3.03. The van der Waals surface area contributed by atoms with Crippen LogP contribution in [-0.4, -0.2) is 17.4 Å². The molecule has 0 amide bonds. The third-order valence-corrected chi connectivity index (χ3v) is 4.85. The molecule has 0 radical (unpaired) electrons. The highest BCUT2D eigenvalue weighted by atomic mass is 32.2. The zero-order valence-electron chi connectivity index (χ0n) is 11.6. The predicted molar refractivity (Wildman–Crippen MR) is 74.8 cm³/mol. The molecule has 4 nitrogen and oxygen atoms in total. The highest BCUT2D eigenvalue weighted by Gasteiger charge is 2.23. The molecular formula is C14H18N2O2S.